The van der Waals surface area contributed by atoms with Gasteiger partial charge in [-0.2, -0.15) is 14.7 Å². The third-order valence-corrected chi connectivity index (χ3v) is 3.70. The zero-order chi connectivity index (χ0) is 15.8. The molecule has 0 saturated carbocycles. The van der Waals surface area contributed by atoms with Crippen LogP contribution in [0.4, 0.5) is 13.8 Å². The molecule has 0 saturated heterocycles. The normalized spacial score (nSPS) is 11.3. The number of carbonyl (C=O) groups excluding carboxylic acids is 1. The number of nitrogens with one attached hydrogen (secondary N) is 1. The molecule has 1 aromatic rings. The number of thioether (sulfide) groups is 1. The lowest BCUT2D eigenvalue weighted by Crippen LogP contribution is -2.19. The quantitative estimate of drug-likeness (QED) is 0.357. The summed E-state index contributed by atoms with van der Waals surface area (Å²) in [4.78, 5) is 11.2. The molecule has 6 nitrogen and oxygen atoms in total. The summed E-state index contributed by atoms with van der Waals surface area (Å²) in [5, 5.41) is 13.2. The second-order valence-electron chi connectivity index (χ2n) is 3.51. The fourth-order valence-electron chi connectivity index (χ4n) is 1.24. The predicted octanol–water partition coefficient (Wildman–Crippen LogP) is 2.72. The number of nitrogens with zero attached hydrogens (tertiary/aromatic N) is 3. The summed E-state index contributed by atoms with van der Waals surface area (Å²) in [5.74, 6) is -0.784. The maximum atomic E-state index is 12.8. The summed E-state index contributed by atoms with van der Waals surface area (Å²) in [6.45, 7) is 1.68. The first-order valence-corrected chi connectivity index (χ1v) is 7.73. The van der Waals surface area contributed by atoms with Gasteiger partial charge in [0.1, 0.15) is 27.4 Å². The largest absolute Gasteiger partial charge is 0.466 e. The van der Waals surface area contributed by atoms with E-state index in [1.54, 1.807) is 13.2 Å². The molecule has 21 heavy (non-hydrogen) atoms. The van der Waals surface area contributed by atoms with Crippen LogP contribution in [0.2, 0.25) is 0 Å². The lowest BCUT2D eigenvalue weighted by Gasteiger charge is -2.05. The first-order chi connectivity index (χ1) is 10.0. The molecule has 1 rings (SSSR count). The van der Waals surface area contributed by atoms with E-state index in [-0.39, 0.29) is 17.2 Å². The van der Waals surface area contributed by atoms with Crippen molar-refractivity contribution in [1.29, 1.82) is 5.26 Å². The third-order valence-electron chi connectivity index (χ3n) is 2.15. The molecule has 0 unspecified atom stereocenters. The van der Waals surface area contributed by atoms with Crippen LogP contribution in [0.1, 0.15) is 18.9 Å². The molecule has 0 aliphatic heterocycles. The Morgan fingerprint density at radius 2 is 2.38 bits per heavy atom. The molecule has 1 heterocycles. The predicted molar refractivity (Wildman–Crippen MR) is 76.9 cm³/mol. The van der Waals surface area contributed by atoms with Crippen LogP contribution in [0.3, 0.4) is 0 Å². The lowest BCUT2D eigenvalue weighted by molar-refractivity contribution is -0.141. The number of ether oxygens (including phenoxy) is 1. The molecule has 0 aromatic carbocycles. The van der Waals surface area contributed by atoms with Crippen molar-refractivity contribution in [3.63, 3.8) is 0 Å². The number of esters is 1. The van der Waals surface area contributed by atoms with Crippen LogP contribution in [0.5, 0.6) is 0 Å². The molecule has 1 aromatic heterocycles. The molecule has 0 aliphatic rings. The fraction of sp³-hybridized carbons (Fsp3) is 0.455. The van der Waals surface area contributed by atoms with Gasteiger partial charge in [0.15, 0.2) is 0 Å². The van der Waals surface area contributed by atoms with Gasteiger partial charge in [-0.25, -0.2) is 8.78 Å². The second-order valence-corrected chi connectivity index (χ2v) is 5.07. The van der Waals surface area contributed by atoms with Crippen LogP contribution in [0, 0.1) is 11.3 Å². The maximum absolute atomic E-state index is 12.8. The van der Waals surface area contributed by atoms with E-state index in [4.69, 9.17) is 5.26 Å². The molecule has 0 spiro atoms. The Bertz CT molecular complexity index is 569. The molecule has 0 aliphatic carbocycles. The number of anilines is 1. The van der Waals surface area contributed by atoms with Gasteiger partial charge in [0.25, 0.3) is 6.43 Å². The Morgan fingerprint density at radius 1 is 1.67 bits per heavy atom. The summed E-state index contributed by atoms with van der Waals surface area (Å²) >= 11 is 2.20. The number of hydrogen-bond acceptors (Lipinski definition) is 8. The molecule has 10 heteroatoms. The van der Waals surface area contributed by atoms with E-state index >= 15 is 0 Å². The SMILES string of the molecule is CCOC(=O)C/C(=N\Nc1snc(SC)c1C#N)C(F)F. The summed E-state index contributed by atoms with van der Waals surface area (Å²) in [5.41, 5.74) is 1.95. The van der Waals surface area contributed by atoms with Crippen molar-refractivity contribution in [3.8, 4) is 6.07 Å². The first-order valence-electron chi connectivity index (χ1n) is 5.73. The van der Waals surface area contributed by atoms with Crippen molar-refractivity contribution in [1.82, 2.24) is 4.37 Å². The summed E-state index contributed by atoms with van der Waals surface area (Å²) in [7, 11) is 0. The van der Waals surface area contributed by atoms with E-state index in [0.717, 1.165) is 11.5 Å². The number of hydrogen-bond donors (Lipinski definition) is 1. The van der Waals surface area contributed by atoms with E-state index in [0.29, 0.717) is 5.03 Å². The Kier molecular flexibility index (Phi) is 7.04. The van der Waals surface area contributed by atoms with Crippen LogP contribution in [-0.4, -0.2) is 35.3 Å². The standard InChI is InChI=1S/C11H12F2N4O2S2/c1-3-19-8(18)4-7(9(12)13)15-16-10-6(5-14)11(20-2)17-21-10/h9,16H,3-4H2,1-2H3/b15-7+. The topological polar surface area (TPSA) is 87.4 Å². The average Bonchev–Trinajstić information content (AvgIpc) is 2.85. The Hall–Kier alpha value is -1.73. The Labute approximate surface area is 128 Å². The van der Waals surface area contributed by atoms with E-state index < -0.39 is 24.5 Å². The summed E-state index contributed by atoms with van der Waals surface area (Å²) in [6, 6.07) is 1.93. The van der Waals surface area contributed by atoms with Crippen molar-refractivity contribution < 1.29 is 18.3 Å². The number of alkyl halides is 2. The van der Waals surface area contributed by atoms with Gasteiger partial charge in [-0.15, -0.1) is 11.8 Å². The first kappa shape index (κ1) is 17.3. The second kappa shape index (κ2) is 8.53. The van der Waals surface area contributed by atoms with Gasteiger partial charge >= 0.3 is 5.97 Å². The molecule has 0 amide bonds. The molecule has 0 bridgehead atoms. The number of nitriles is 1. The fourth-order valence-corrected chi connectivity index (χ4v) is 2.65. The number of aromatic nitrogens is 1. The van der Waals surface area contributed by atoms with E-state index in [1.807, 2.05) is 6.07 Å². The maximum Gasteiger partial charge on any atom is 0.311 e. The highest BCUT2D eigenvalue weighted by molar-refractivity contribution is 7.98. The Morgan fingerprint density at radius 3 is 2.90 bits per heavy atom. The average molecular weight is 334 g/mol. The molecule has 0 radical (unpaired) electrons. The molecular formula is C11H12F2N4O2S2. The Balaban J connectivity index is 2.86. The minimum Gasteiger partial charge on any atom is -0.466 e. The molecular weight excluding hydrogens is 322 g/mol. The van der Waals surface area contributed by atoms with Gasteiger partial charge < -0.3 is 4.74 Å². The van der Waals surface area contributed by atoms with Gasteiger partial charge in [0, 0.05) is 0 Å². The highest BCUT2D eigenvalue weighted by atomic mass is 32.2. The minimum absolute atomic E-state index is 0.104. The van der Waals surface area contributed by atoms with Crippen molar-refractivity contribution in [2.45, 2.75) is 24.8 Å². The third kappa shape index (κ3) is 4.95. The van der Waals surface area contributed by atoms with Crippen LogP contribution in [-0.2, 0) is 9.53 Å². The van der Waals surface area contributed by atoms with E-state index in [1.165, 1.54) is 11.8 Å². The van der Waals surface area contributed by atoms with Gasteiger partial charge in [0.2, 0.25) is 0 Å². The van der Waals surface area contributed by atoms with Gasteiger partial charge in [-0.1, -0.05) is 0 Å². The monoisotopic (exact) mass is 334 g/mol. The zero-order valence-electron chi connectivity index (χ0n) is 11.2. The number of hydrazone groups is 1. The molecule has 1 N–H and O–H groups in total. The number of halogens is 2. The molecule has 0 fully saturated rings. The van der Waals surface area contributed by atoms with Gasteiger partial charge in [-0.3, -0.25) is 10.2 Å². The summed E-state index contributed by atoms with van der Waals surface area (Å²) < 4.78 is 34.2. The lowest BCUT2D eigenvalue weighted by atomic mass is 10.3. The summed E-state index contributed by atoms with van der Waals surface area (Å²) in [6.07, 6.45) is -1.77. The van der Waals surface area contributed by atoms with Gasteiger partial charge in [0.05, 0.1) is 13.0 Å². The van der Waals surface area contributed by atoms with Gasteiger partial charge in [-0.05, 0) is 24.7 Å². The van der Waals surface area contributed by atoms with Crippen molar-refractivity contribution in [2.24, 2.45) is 5.10 Å². The van der Waals surface area contributed by atoms with Crippen molar-refractivity contribution in [3.05, 3.63) is 5.56 Å². The highest BCUT2D eigenvalue weighted by Gasteiger charge is 2.19. The van der Waals surface area contributed by atoms with Crippen LogP contribution >= 0.6 is 23.3 Å². The van der Waals surface area contributed by atoms with Crippen molar-refractivity contribution in [2.75, 3.05) is 18.3 Å². The minimum atomic E-state index is -2.90. The van der Waals surface area contributed by atoms with E-state index in [9.17, 15) is 13.6 Å². The van der Waals surface area contributed by atoms with Crippen LogP contribution < -0.4 is 5.43 Å². The zero-order valence-corrected chi connectivity index (χ0v) is 12.9. The van der Waals surface area contributed by atoms with Crippen molar-refractivity contribution >= 4 is 40.0 Å². The van der Waals surface area contributed by atoms with E-state index in [2.05, 4.69) is 19.6 Å². The smallest absolute Gasteiger partial charge is 0.311 e. The highest BCUT2D eigenvalue weighted by Crippen LogP contribution is 2.29. The van der Waals surface area contributed by atoms with Crippen LogP contribution in [0.25, 0.3) is 0 Å². The molecule has 0 atom stereocenters. The number of rotatable bonds is 7. The number of carbonyl (C=O) groups is 1. The van der Waals surface area contributed by atoms with Crippen LogP contribution in [0.15, 0.2) is 10.1 Å². The molecule has 114 valence electrons.